The predicted molar refractivity (Wildman–Crippen MR) is 124 cm³/mol. The van der Waals surface area contributed by atoms with E-state index >= 15 is 0 Å². The largest absolute Gasteiger partial charge is 0.493 e. The smallest absolute Gasteiger partial charge is 0.441 e. The molecule has 0 aromatic heterocycles. The standard InChI is InChI=1S/C23H19F3N4O3S/c1-14-5-2-3-6-18(14)33-12-4-11-32-16-9-7-15(8-10-16)13-17-19(27)30-22(28-20(17)31)34-21(29-30)23(24,25)26/h2-3,5-10,13,27H,4,11-12H2,1H3. The van der Waals surface area contributed by atoms with Crippen molar-refractivity contribution < 1.29 is 27.4 Å². The number of aliphatic imine (C=N–C) groups is 1. The molecule has 2 aromatic rings. The van der Waals surface area contributed by atoms with Gasteiger partial charge in [-0.25, -0.2) is 0 Å². The molecule has 7 nitrogen and oxygen atoms in total. The number of carbonyl (C=O) groups is 1. The summed E-state index contributed by atoms with van der Waals surface area (Å²) in [6.45, 7) is 2.93. The maximum absolute atomic E-state index is 12.9. The number of fused-ring (bicyclic) bond motifs is 1. The molecule has 11 heteroatoms. The summed E-state index contributed by atoms with van der Waals surface area (Å²) in [5, 5.41) is 10.8. The monoisotopic (exact) mass is 488 g/mol. The van der Waals surface area contributed by atoms with Crippen molar-refractivity contribution in [2.45, 2.75) is 19.5 Å². The zero-order chi connectivity index (χ0) is 24.3. The number of hydrazone groups is 1. The van der Waals surface area contributed by atoms with Crippen molar-refractivity contribution in [1.82, 2.24) is 5.01 Å². The highest BCUT2D eigenvalue weighted by Gasteiger charge is 2.46. The molecule has 0 bridgehead atoms. The minimum Gasteiger partial charge on any atom is -0.493 e. The molecule has 0 radical (unpaired) electrons. The van der Waals surface area contributed by atoms with Gasteiger partial charge in [0.1, 0.15) is 11.5 Å². The van der Waals surface area contributed by atoms with Gasteiger partial charge in [-0.3, -0.25) is 10.2 Å². The van der Waals surface area contributed by atoms with Crippen LogP contribution in [-0.4, -0.2) is 46.4 Å². The van der Waals surface area contributed by atoms with E-state index in [0.29, 0.717) is 30.9 Å². The van der Waals surface area contributed by atoms with Gasteiger partial charge in [-0.15, -0.1) is 0 Å². The van der Waals surface area contributed by atoms with E-state index in [1.54, 1.807) is 24.3 Å². The van der Waals surface area contributed by atoms with E-state index < -0.39 is 23.0 Å². The third-order valence-corrected chi connectivity index (χ3v) is 5.75. The molecule has 0 atom stereocenters. The number of nitrogens with one attached hydrogen (secondary N) is 1. The molecule has 0 saturated carbocycles. The summed E-state index contributed by atoms with van der Waals surface area (Å²) in [4.78, 5) is 15.9. The molecular formula is C23H19F3N4O3S. The third kappa shape index (κ3) is 5.30. The fourth-order valence-corrected chi connectivity index (χ4v) is 3.84. The molecular weight excluding hydrogens is 469 g/mol. The first-order chi connectivity index (χ1) is 16.2. The lowest BCUT2D eigenvalue weighted by Gasteiger charge is -2.20. The first kappa shape index (κ1) is 23.6. The number of ether oxygens (including phenoxy) is 2. The summed E-state index contributed by atoms with van der Waals surface area (Å²) < 4.78 is 50.2. The van der Waals surface area contributed by atoms with Gasteiger partial charge in [0.15, 0.2) is 5.84 Å². The Hall–Kier alpha value is -3.60. The lowest BCUT2D eigenvalue weighted by atomic mass is 10.1. The van der Waals surface area contributed by atoms with Crippen LogP contribution in [0.4, 0.5) is 13.2 Å². The van der Waals surface area contributed by atoms with Crippen molar-refractivity contribution in [2.75, 3.05) is 13.2 Å². The highest BCUT2D eigenvalue weighted by Crippen LogP contribution is 2.35. The SMILES string of the molecule is Cc1ccccc1OCCCOc1ccc(C=C2C(=N)N3N=C(C(F)(F)F)SC3=NC2=O)cc1. The molecule has 176 valence electrons. The zero-order valence-electron chi connectivity index (χ0n) is 17.9. The molecule has 0 fully saturated rings. The molecule has 1 amide bonds. The quantitative estimate of drug-likeness (QED) is 0.437. The number of alkyl halides is 3. The highest BCUT2D eigenvalue weighted by molar-refractivity contribution is 8.27. The Kier molecular flexibility index (Phi) is 6.73. The number of para-hydroxylation sites is 1. The van der Waals surface area contributed by atoms with Crippen LogP contribution >= 0.6 is 11.8 Å². The molecule has 0 unspecified atom stereocenters. The number of thioether (sulfide) groups is 1. The van der Waals surface area contributed by atoms with Crippen LogP contribution < -0.4 is 9.47 Å². The van der Waals surface area contributed by atoms with Crippen LogP contribution in [-0.2, 0) is 4.79 Å². The van der Waals surface area contributed by atoms with Gasteiger partial charge in [0, 0.05) is 6.42 Å². The second-order valence-electron chi connectivity index (χ2n) is 7.31. The Labute approximate surface area is 197 Å². The number of hydrogen-bond donors (Lipinski definition) is 1. The van der Waals surface area contributed by atoms with E-state index in [0.717, 1.165) is 16.3 Å². The lowest BCUT2D eigenvalue weighted by molar-refractivity contribution is -0.114. The average Bonchev–Trinajstić information content (AvgIpc) is 3.23. The normalized spacial score (nSPS) is 16.9. The van der Waals surface area contributed by atoms with Gasteiger partial charge in [-0.05, 0) is 54.1 Å². The van der Waals surface area contributed by atoms with E-state index in [1.165, 1.54) is 6.08 Å². The second kappa shape index (κ2) is 9.72. The van der Waals surface area contributed by atoms with Gasteiger partial charge in [0.25, 0.3) is 5.91 Å². The number of rotatable bonds is 7. The van der Waals surface area contributed by atoms with Crippen LogP contribution in [0.15, 0.2) is 64.2 Å². The van der Waals surface area contributed by atoms with E-state index in [1.807, 2.05) is 31.2 Å². The lowest BCUT2D eigenvalue weighted by Crippen LogP contribution is -2.35. The van der Waals surface area contributed by atoms with E-state index in [2.05, 4.69) is 10.1 Å². The summed E-state index contributed by atoms with van der Waals surface area (Å²) >= 11 is 0.216. The second-order valence-corrected chi connectivity index (χ2v) is 8.26. The topological polar surface area (TPSA) is 87.3 Å². The molecule has 0 saturated heterocycles. The van der Waals surface area contributed by atoms with Gasteiger partial charge in [0.05, 0.1) is 18.8 Å². The number of halogens is 3. The first-order valence-electron chi connectivity index (χ1n) is 10.2. The van der Waals surface area contributed by atoms with Crippen LogP contribution in [0, 0.1) is 12.3 Å². The Morgan fingerprint density at radius 3 is 2.50 bits per heavy atom. The van der Waals surface area contributed by atoms with Gasteiger partial charge >= 0.3 is 6.18 Å². The minimum atomic E-state index is -4.68. The number of hydrogen-bond acceptors (Lipinski definition) is 6. The van der Waals surface area contributed by atoms with Crippen LogP contribution in [0.1, 0.15) is 17.5 Å². The third-order valence-electron chi connectivity index (χ3n) is 4.80. The average molecular weight is 488 g/mol. The van der Waals surface area contributed by atoms with Crippen molar-refractivity contribution in [3.63, 3.8) is 0 Å². The Bertz CT molecular complexity index is 1210. The summed E-state index contributed by atoms with van der Waals surface area (Å²) in [7, 11) is 0. The van der Waals surface area contributed by atoms with E-state index in [9.17, 15) is 18.0 Å². The van der Waals surface area contributed by atoms with Crippen LogP contribution in [0.5, 0.6) is 11.5 Å². The minimum absolute atomic E-state index is 0.154. The molecule has 4 rings (SSSR count). The van der Waals surface area contributed by atoms with Gasteiger partial charge in [-0.2, -0.15) is 28.3 Å². The molecule has 0 aliphatic carbocycles. The Morgan fingerprint density at radius 1 is 1.09 bits per heavy atom. The van der Waals surface area contributed by atoms with Crippen LogP contribution in [0.3, 0.4) is 0 Å². The predicted octanol–water partition coefficient (Wildman–Crippen LogP) is 5.02. The molecule has 1 N–H and O–H groups in total. The van der Waals surface area contributed by atoms with Crippen molar-refractivity contribution in [3.8, 4) is 11.5 Å². The summed E-state index contributed by atoms with van der Waals surface area (Å²) in [5.74, 6) is 0.192. The van der Waals surface area contributed by atoms with E-state index in [4.69, 9.17) is 14.9 Å². The molecule has 0 spiro atoms. The molecule has 2 aliphatic rings. The van der Waals surface area contributed by atoms with Gasteiger partial charge in [-0.1, -0.05) is 30.3 Å². The highest BCUT2D eigenvalue weighted by atomic mass is 32.2. The Balaban J connectivity index is 1.33. The number of nitrogens with zero attached hydrogens (tertiary/aromatic N) is 3. The van der Waals surface area contributed by atoms with Gasteiger partial charge < -0.3 is 9.47 Å². The maximum Gasteiger partial charge on any atom is 0.441 e. The van der Waals surface area contributed by atoms with Crippen LogP contribution in [0.25, 0.3) is 6.08 Å². The zero-order valence-corrected chi connectivity index (χ0v) is 18.7. The van der Waals surface area contributed by atoms with Gasteiger partial charge in [0.2, 0.25) is 10.2 Å². The van der Waals surface area contributed by atoms with Crippen molar-refractivity contribution in [2.24, 2.45) is 10.1 Å². The number of aryl methyl sites for hydroxylation is 1. The molecule has 34 heavy (non-hydrogen) atoms. The fourth-order valence-electron chi connectivity index (χ4n) is 3.08. The molecule has 2 aliphatic heterocycles. The first-order valence-corrected chi connectivity index (χ1v) is 11.0. The summed E-state index contributed by atoms with van der Waals surface area (Å²) in [6, 6.07) is 14.5. The van der Waals surface area contributed by atoms with Crippen molar-refractivity contribution >= 4 is 39.8 Å². The maximum atomic E-state index is 12.9. The fraction of sp³-hybridized carbons (Fsp3) is 0.217. The van der Waals surface area contributed by atoms with E-state index in [-0.39, 0.29) is 22.5 Å². The number of benzene rings is 2. The summed E-state index contributed by atoms with van der Waals surface area (Å²) in [5.41, 5.74) is 1.48. The number of carbonyl (C=O) groups excluding carboxylic acids is 1. The molecule has 2 aromatic carbocycles. The van der Waals surface area contributed by atoms with Crippen LogP contribution in [0.2, 0.25) is 0 Å². The van der Waals surface area contributed by atoms with Crippen molar-refractivity contribution in [3.05, 3.63) is 65.2 Å². The summed E-state index contributed by atoms with van der Waals surface area (Å²) in [6.07, 6.45) is -2.61. The molecule has 2 heterocycles. The van der Waals surface area contributed by atoms with Crippen molar-refractivity contribution in [1.29, 1.82) is 5.41 Å². The number of amides is 1. The number of amidine groups is 2. The Morgan fingerprint density at radius 2 is 1.79 bits per heavy atom.